The molecule has 0 unspecified atom stereocenters. The van der Waals surface area contributed by atoms with Crippen molar-refractivity contribution in [2.24, 2.45) is 0 Å². The molecule has 0 saturated heterocycles. The minimum atomic E-state index is -0.923. The highest BCUT2D eigenvalue weighted by Crippen LogP contribution is 2.40. The number of nitrogen functional groups attached to an aromatic ring is 2. The van der Waals surface area contributed by atoms with Gasteiger partial charge in [-0.3, -0.25) is 0 Å². The first-order valence-corrected chi connectivity index (χ1v) is 4.86. The predicted molar refractivity (Wildman–Crippen MR) is 57.5 cm³/mol. The lowest BCUT2D eigenvalue weighted by molar-refractivity contribution is 0.292. The van der Waals surface area contributed by atoms with Gasteiger partial charge in [0.1, 0.15) is 11.4 Å². The highest BCUT2D eigenvalue weighted by Gasteiger charge is 2.23. The van der Waals surface area contributed by atoms with Gasteiger partial charge in [-0.1, -0.05) is 0 Å². The van der Waals surface area contributed by atoms with Gasteiger partial charge in [0, 0.05) is 0 Å². The number of ether oxygens (including phenoxy) is 2. The molecule has 0 heterocycles. The molecule has 1 aromatic rings. The summed E-state index contributed by atoms with van der Waals surface area (Å²) in [4.78, 5) is 0. The summed E-state index contributed by atoms with van der Waals surface area (Å²) in [5.41, 5.74) is 9.83. The van der Waals surface area contributed by atoms with Crippen molar-refractivity contribution in [2.75, 3.05) is 24.7 Å². The van der Waals surface area contributed by atoms with Crippen molar-refractivity contribution in [2.45, 2.75) is 13.8 Å². The van der Waals surface area contributed by atoms with Gasteiger partial charge in [-0.15, -0.1) is 0 Å². The molecule has 6 heteroatoms. The van der Waals surface area contributed by atoms with Crippen LogP contribution in [0.3, 0.4) is 0 Å². The van der Waals surface area contributed by atoms with Crippen LogP contribution in [0, 0.1) is 11.6 Å². The standard InChI is InChI=1S/C10H14F2N2O2/c1-3-15-9-6(12)10(16-4-2)8(14)5(11)7(9)13/h3-4,13-14H2,1-2H3. The van der Waals surface area contributed by atoms with E-state index in [4.69, 9.17) is 20.9 Å². The van der Waals surface area contributed by atoms with E-state index in [9.17, 15) is 8.78 Å². The van der Waals surface area contributed by atoms with E-state index in [1.807, 2.05) is 0 Å². The molecule has 0 aliphatic carbocycles. The van der Waals surface area contributed by atoms with Crippen LogP contribution >= 0.6 is 0 Å². The monoisotopic (exact) mass is 232 g/mol. The molecule has 0 saturated carbocycles. The average molecular weight is 232 g/mol. The van der Waals surface area contributed by atoms with Crippen molar-refractivity contribution in [3.05, 3.63) is 11.6 Å². The SMILES string of the molecule is CCOc1c(N)c(F)c(N)c(OCC)c1F. The molecule has 90 valence electrons. The van der Waals surface area contributed by atoms with Gasteiger partial charge in [-0.25, -0.2) is 4.39 Å². The molecular weight excluding hydrogens is 218 g/mol. The fourth-order valence-corrected chi connectivity index (χ4v) is 1.25. The molecule has 0 aliphatic heterocycles. The van der Waals surface area contributed by atoms with E-state index in [1.165, 1.54) is 0 Å². The van der Waals surface area contributed by atoms with Gasteiger partial charge >= 0.3 is 0 Å². The van der Waals surface area contributed by atoms with E-state index in [0.717, 1.165) is 0 Å². The summed E-state index contributed by atoms with van der Waals surface area (Å²) in [6.07, 6.45) is 0. The second kappa shape index (κ2) is 4.87. The van der Waals surface area contributed by atoms with Crippen LogP contribution in [0.25, 0.3) is 0 Å². The Morgan fingerprint density at radius 2 is 1.25 bits per heavy atom. The van der Waals surface area contributed by atoms with Gasteiger partial charge in [0.25, 0.3) is 0 Å². The highest BCUT2D eigenvalue weighted by molar-refractivity contribution is 5.70. The van der Waals surface area contributed by atoms with Crippen LogP contribution < -0.4 is 20.9 Å². The summed E-state index contributed by atoms with van der Waals surface area (Å²) in [7, 11) is 0. The van der Waals surface area contributed by atoms with E-state index >= 15 is 0 Å². The maximum atomic E-state index is 13.8. The van der Waals surface area contributed by atoms with Crippen molar-refractivity contribution >= 4 is 11.4 Å². The van der Waals surface area contributed by atoms with E-state index in [0.29, 0.717) is 0 Å². The molecule has 0 bridgehead atoms. The molecule has 0 spiro atoms. The quantitative estimate of drug-likeness (QED) is 0.778. The Kier molecular flexibility index (Phi) is 3.76. The average Bonchev–Trinajstić information content (AvgIpc) is 2.28. The second-order valence-electron chi connectivity index (χ2n) is 2.98. The Morgan fingerprint density at radius 3 is 1.56 bits per heavy atom. The Labute approximate surface area is 92.1 Å². The van der Waals surface area contributed by atoms with Crippen LogP contribution in [0.1, 0.15) is 13.8 Å². The molecule has 0 fully saturated rings. The third-order valence-electron chi connectivity index (χ3n) is 1.94. The number of benzene rings is 1. The third kappa shape index (κ3) is 1.95. The number of nitrogens with two attached hydrogens (primary N) is 2. The van der Waals surface area contributed by atoms with E-state index in [1.54, 1.807) is 13.8 Å². The first-order valence-electron chi connectivity index (χ1n) is 4.86. The molecule has 0 amide bonds. The van der Waals surface area contributed by atoms with E-state index in [2.05, 4.69) is 0 Å². The van der Waals surface area contributed by atoms with Crippen LogP contribution in [0.4, 0.5) is 20.2 Å². The van der Waals surface area contributed by atoms with Gasteiger partial charge in [0.2, 0.25) is 5.82 Å². The van der Waals surface area contributed by atoms with Gasteiger partial charge in [-0.2, -0.15) is 4.39 Å². The van der Waals surface area contributed by atoms with Crippen molar-refractivity contribution in [1.82, 2.24) is 0 Å². The lowest BCUT2D eigenvalue weighted by Crippen LogP contribution is -2.09. The smallest absolute Gasteiger partial charge is 0.211 e. The van der Waals surface area contributed by atoms with Gasteiger partial charge in [0.05, 0.1) is 13.2 Å². The van der Waals surface area contributed by atoms with Gasteiger partial charge in [-0.05, 0) is 13.8 Å². The zero-order valence-electron chi connectivity index (χ0n) is 9.14. The van der Waals surface area contributed by atoms with E-state index in [-0.39, 0.29) is 24.7 Å². The van der Waals surface area contributed by atoms with Crippen LogP contribution in [0.5, 0.6) is 11.5 Å². The minimum Gasteiger partial charge on any atom is -0.488 e. The van der Waals surface area contributed by atoms with Crippen molar-refractivity contribution in [1.29, 1.82) is 0 Å². The molecule has 1 aromatic carbocycles. The molecule has 4 N–H and O–H groups in total. The Balaban J connectivity index is 3.39. The predicted octanol–water partition coefficient (Wildman–Crippen LogP) is 1.93. The normalized spacial score (nSPS) is 10.2. The van der Waals surface area contributed by atoms with Crippen molar-refractivity contribution in [3.63, 3.8) is 0 Å². The number of hydrogen-bond acceptors (Lipinski definition) is 4. The number of hydrogen-bond donors (Lipinski definition) is 2. The molecular formula is C10H14F2N2O2. The van der Waals surface area contributed by atoms with Gasteiger partial charge < -0.3 is 20.9 Å². The Bertz CT molecular complexity index is 364. The summed E-state index contributed by atoms with van der Waals surface area (Å²) in [5.74, 6) is -2.52. The van der Waals surface area contributed by atoms with Crippen LogP contribution in [-0.4, -0.2) is 13.2 Å². The molecule has 4 nitrogen and oxygen atoms in total. The number of halogens is 2. The molecule has 1 rings (SSSR count). The lowest BCUT2D eigenvalue weighted by atomic mass is 10.2. The van der Waals surface area contributed by atoms with Crippen LogP contribution in [-0.2, 0) is 0 Å². The maximum Gasteiger partial charge on any atom is 0.211 e. The molecule has 0 aromatic heterocycles. The zero-order valence-corrected chi connectivity index (χ0v) is 9.14. The summed E-state index contributed by atoms with van der Waals surface area (Å²) in [5, 5.41) is 0. The lowest BCUT2D eigenvalue weighted by Gasteiger charge is -2.15. The Hall–Kier alpha value is -1.72. The van der Waals surface area contributed by atoms with Crippen molar-refractivity contribution in [3.8, 4) is 11.5 Å². The summed E-state index contributed by atoms with van der Waals surface area (Å²) in [6.45, 7) is 3.59. The number of rotatable bonds is 4. The van der Waals surface area contributed by atoms with Gasteiger partial charge in [0.15, 0.2) is 17.3 Å². The fourth-order valence-electron chi connectivity index (χ4n) is 1.25. The highest BCUT2D eigenvalue weighted by atomic mass is 19.1. The second-order valence-corrected chi connectivity index (χ2v) is 2.98. The first kappa shape index (κ1) is 12.4. The topological polar surface area (TPSA) is 70.5 Å². The number of anilines is 2. The van der Waals surface area contributed by atoms with Crippen molar-refractivity contribution < 1.29 is 18.3 Å². The third-order valence-corrected chi connectivity index (χ3v) is 1.94. The molecule has 0 radical (unpaired) electrons. The summed E-state index contributed by atoms with van der Waals surface area (Å²) < 4.78 is 37.1. The summed E-state index contributed by atoms with van der Waals surface area (Å²) in [6, 6.07) is 0. The maximum absolute atomic E-state index is 13.8. The molecule has 16 heavy (non-hydrogen) atoms. The van der Waals surface area contributed by atoms with Crippen LogP contribution in [0.2, 0.25) is 0 Å². The largest absolute Gasteiger partial charge is 0.488 e. The Morgan fingerprint density at radius 1 is 0.875 bits per heavy atom. The van der Waals surface area contributed by atoms with Crippen LogP contribution in [0.15, 0.2) is 0 Å². The zero-order chi connectivity index (χ0) is 12.3. The molecule has 0 atom stereocenters. The van der Waals surface area contributed by atoms with E-state index < -0.39 is 23.0 Å². The molecule has 0 aliphatic rings. The minimum absolute atomic E-state index is 0.163. The summed E-state index contributed by atoms with van der Waals surface area (Å²) >= 11 is 0. The fraction of sp³-hybridized carbons (Fsp3) is 0.400. The first-order chi connectivity index (χ1) is 7.54.